The Bertz CT molecular complexity index is 266. The van der Waals surface area contributed by atoms with Gasteiger partial charge in [0.05, 0.1) is 6.20 Å². The molecule has 0 aliphatic carbocycles. The second-order valence-electron chi connectivity index (χ2n) is 1.92. The van der Waals surface area contributed by atoms with E-state index in [4.69, 9.17) is 10.6 Å². The average molecular weight is 184 g/mol. The summed E-state index contributed by atoms with van der Waals surface area (Å²) in [6.07, 6.45) is 4.32. The lowest BCUT2D eigenvalue weighted by atomic mass is 10.7. The maximum Gasteiger partial charge on any atom is 0.364 e. The summed E-state index contributed by atoms with van der Waals surface area (Å²) in [5.41, 5.74) is 1.74. The largest absolute Gasteiger partial charge is 0.464 e. The van der Waals surface area contributed by atoms with Crippen LogP contribution < -0.4 is 16.2 Å². The minimum Gasteiger partial charge on any atom is -0.464 e. The van der Waals surface area contributed by atoms with Crippen molar-refractivity contribution in [2.24, 2.45) is 5.84 Å². The number of carbonyl (C=O) groups is 1. The molecule has 1 aromatic heterocycles. The summed E-state index contributed by atoms with van der Waals surface area (Å²) in [5.74, 6) is 4.32. The molecule has 0 fully saturated rings. The van der Waals surface area contributed by atoms with Crippen molar-refractivity contribution < 1.29 is 14.4 Å². The molecule has 7 heteroatoms. The van der Waals surface area contributed by atoms with Crippen molar-refractivity contribution in [1.82, 2.24) is 15.6 Å². The number of aromatic nitrogens is 2. The van der Waals surface area contributed by atoms with Gasteiger partial charge >= 0.3 is 5.97 Å². The maximum atomic E-state index is 10.7. The first-order valence-electron chi connectivity index (χ1n) is 3.37. The number of nitrogens with two attached hydrogens (primary N) is 1. The van der Waals surface area contributed by atoms with Crippen molar-refractivity contribution >= 4 is 5.97 Å². The zero-order valence-electron chi connectivity index (χ0n) is 6.64. The predicted molar refractivity (Wildman–Crippen MR) is 40.9 cm³/mol. The molecule has 0 atom stereocenters. The zero-order valence-corrected chi connectivity index (χ0v) is 6.64. The lowest BCUT2D eigenvalue weighted by Gasteiger charge is -2.02. The summed E-state index contributed by atoms with van der Waals surface area (Å²) in [6, 6.07) is 0. The molecule has 0 radical (unpaired) electrons. The highest BCUT2D eigenvalue weighted by Gasteiger charge is 2.03. The lowest BCUT2D eigenvalue weighted by molar-refractivity contribution is -0.153. The van der Waals surface area contributed by atoms with Gasteiger partial charge in [0.15, 0.2) is 6.61 Å². The van der Waals surface area contributed by atoms with E-state index in [2.05, 4.69) is 14.8 Å². The van der Waals surface area contributed by atoms with Gasteiger partial charge in [0.2, 0.25) is 5.88 Å². The molecule has 0 aromatic carbocycles. The molecule has 0 saturated heterocycles. The lowest BCUT2D eigenvalue weighted by Crippen LogP contribution is -2.29. The Hall–Kier alpha value is -1.73. The second kappa shape index (κ2) is 5.01. The Morgan fingerprint density at radius 3 is 3.08 bits per heavy atom. The van der Waals surface area contributed by atoms with Crippen molar-refractivity contribution in [3.8, 4) is 5.88 Å². The molecule has 13 heavy (non-hydrogen) atoms. The van der Waals surface area contributed by atoms with Gasteiger partial charge in [0, 0.05) is 12.4 Å². The fraction of sp³-hybridized carbons (Fsp3) is 0.167. The standard InChI is InChI=1S/C6H8N4O3/c7-10-13-6(11)4-12-5-3-8-1-2-9-5/h1-3,10H,4,7H2. The molecule has 0 aliphatic rings. The third-order valence-electron chi connectivity index (χ3n) is 1.05. The molecule has 0 aliphatic heterocycles. The maximum absolute atomic E-state index is 10.7. The van der Waals surface area contributed by atoms with E-state index in [-0.39, 0.29) is 12.5 Å². The van der Waals surface area contributed by atoms with Gasteiger partial charge in [0.1, 0.15) is 0 Å². The van der Waals surface area contributed by atoms with Crippen LogP contribution in [0.25, 0.3) is 0 Å². The normalized spacial score (nSPS) is 9.31. The molecule has 0 unspecified atom stereocenters. The summed E-state index contributed by atoms with van der Waals surface area (Å²) in [4.78, 5) is 22.4. The van der Waals surface area contributed by atoms with Crippen LogP contribution in [0.3, 0.4) is 0 Å². The smallest absolute Gasteiger partial charge is 0.364 e. The summed E-state index contributed by atoms with van der Waals surface area (Å²) in [6.45, 7) is -0.275. The van der Waals surface area contributed by atoms with Crippen molar-refractivity contribution in [2.45, 2.75) is 0 Å². The summed E-state index contributed by atoms with van der Waals surface area (Å²) < 4.78 is 4.88. The first-order chi connectivity index (χ1) is 6.33. The average Bonchev–Trinajstić information content (AvgIpc) is 2.17. The van der Waals surface area contributed by atoms with Crippen molar-refractivity contribution in [1.29, 1.82) is 0 Å². The van der Waals surface area contributed by atoms with Crippen molar-refractivity contribution in [3.63, 3.8) is 0 Å². The van der Waals surface area contributed by atoms with Gasteiger partial charge in [-0.25, -0.2) is 15.6 Å². The summed E-state index contributed by atoms with van der Waals surface area (Å²) in [5, 5.41) is 0. The van der Waals surface area contributed by atoms with Gasteiger partial charge in [-0.05, 0) is 0 Å². The third kappa shape index (κ3) is 3.45. The highest BCUT2D eigenvalue weighted by atomic mass is 16.7. The monoisotopic (exact) mass is 184 g/mol. The fourth-order valence-corrected chi connectivity index (χ4v) is 0.588. The molecular formula is C6H8N4O3. The molecule has 7 nitrogen and oxygen atoms in total. The van der Waals surface area contributed by atoms with Crippen LogP contribution in [0, 0.1) is 0 Å². The molecule has 0 spiro atoms. The van der Waals surface area contributed by atoms with Crippen LogP contribution in [0.1, 0.15) is 0 Å². The van der Waals surface area contributed by atoms with Gasteiger partial charge in [-0.2, -0.15) is 0 Å². The van der Waals surface area contributed by atoms with E-state index in [1.165, 1.54) is 18.6 Å². The molecule has 1 heterocycles. The summed E-state index contributed by atoms with van der Waals surface area (Å²) >= 11 is 0. The molecular weight excluding hydrogens is 176 g/mol. The first kappa shape index (κ1) is 9.36. The SMILES string of the molecule is NNOC(=O)COc1cnccn1. The minimum absolute atomic E-state index is 0.247. The number of hydrogen-bond donors (Lipinski definition) is 2. The molecule has 1 rings (SSSR count). The number of nitrogens with zero attached hydrogens (tertiary/aromatic N) is 2. The Labute approximate surface area is 73.8 Å². The second-order valence-corrected chi connectivity index (χ2v) is 1.92. The molecule has 1 aromatic rings. The molecule has 0 amide bonds. The first-order valence-corrected chi connectivity index (χ1v) is 3.37. The van der Waals surface area contributed by atoms with Gasteiger partial charge in [-0.1, -0.05) is 5.59 Å². The van der Waals surface area contributed by atoms with Gasteiger partial charge < -0.3 is 9.57 Å². The van der Waals surface area contributed by atoms with Crippen LogP contribution in [0.2, 0.25) is 0 Å². The predicted octanol–water partition coefficient (Wildman–Crippen LogP) is -1.22. The van der Waals surface area contributed by atoms with Gasteiger partial charge in [-0.15, -0.1) is 0 Å². The van der Waals surface area contributed by atoms with E-state index in [1.807, 2.05) is 0 Å². The van der Waals surface area contributed by atoms with E-state index < -0.39 is 5.97 Å². The Kier molecular flexibility index (Phi) is 3.61. The van der Waals surface area contributed by atoms with Crippen molar-refractivity contribution in [3.05, 3.63) is 18.6 Å². The topological polar surface area (TPSA) is 99.4 Å². The van der Waals surface area contributed by atoms with Crippen LogP contribution in [0.5, 0.6) is 5.88 Å². The van der Waals surface area contributed by atoms with Gasteiger partial charge in [-0.3, -0.25) is 4.98 Å². The Morgan fingerprint density at radius 1 is 1.62 bits per heavy atom. The van der Waals surface area contributed by atoms with E-state index in [0.717, 1.165) is 0 Å². The van der Waals surface area contributed by atoms with E-state index in [1.54, 1.807) is 5.59 Å². The van der Waals surface area contributed by atoms with Crippen molar-refractivity contribution in [2.75, 3.05) is 6.61 Å². The van der Waals surface area contributed by atoms with Crippen LogP contribution >= 0.6 is 0 Å². The third-order valence-corrected chi connectivity index (χ3v) is 1.05. The number of rotatable bonds is 4. The molecule has 0 saturated carbocycles. The van der Waals surface area contributed by atoms with Crippen LogP contribution in [-0.2, 0) is 9.63 Å². The number of carbonyl (C=O) groups excluding carboxylic acids is 1. The van der Waals surface area contributed by atoms with Crippen LogP contribution in [0.15, 0.2) is 18.6 Å². The number of nitrogens with one attached hydrogen (secondary N) is 1. The molecule has 0 bridgehead atoms. The zero-order chi connectivity index (χ0) is 9.52. The fourth-order valence-electron chi connectivity index (χ4n) is 0.588. The Balaban J connectivity index is 2.31. The van der Waals surface area contributed by atoms with Crippen LogP contribution in [-0.4, -0.2) is 22.5 Å². The molecule has 3 N–H and O–H groups in total. The number of hydrogen-bond acceptors (Lipinski definition) is 7. The summed E-state index contributed by atoms with van der Waals surface area (Å²) in [7, 11) is 0. The Morgan fingerprint density at radius 2 is 2.46 bits per heavy atom. The van der Waals surface area contributed by atoms with Gasteiger partial charge in [0.25, 0.3) is 0 Å². The minimum atomic E-state index is -0.645. The van der Waals surface area contributed by atoms with Crippen LogP contribution in [0.4, 0.5) is 0 Å². The highest BCUT2D eigenvalue weighted by molar-refractivity contribution is 5.70. The van der Waals surface area contributed by atoms with E-state index in [9.17, 15) is 4.79 Å². The highest BCUT2D eigenvalue weighted by Crippen LogP contribution is 1.99. The molecule has 70 valence electrons. The number of ether oxygens (including phenoxy) is 1. The number of hydrazine groups is 1. The quantitative estimate of drug-likeness (QED) is 0.446. The van der Waals surface area contributed by atoms with E-state index >= 15 is 0 Å². The van der Waals surface area contributed by atoms with E-state index in [0.29, 0.717) is 0 Å².